The summed E-state index contributed by atoms with van der Waals surface area (Å²) in [5, 5.41) is 2.97. The molecule has 0 aromatic heterocycles. The van der Waals surface area contributed by atoms with Crippen LogP contribution in [0.25, 0.3) is 0 Å². The van der Waals surface area contributed by atoms with Gasteiger partial charge in [-0.05, 0) is 42.3 Å². The van der Waals surface area contributed by atoms with Gasteiger partial charge in [-0.1, -0.05) is 12.1 Å². The summed E-state index contributed by atoms with van der Waals surface area (Å²) >= 11 is 1.67. The van der Waals surface area contributed by atoms with Crippen LogP contribution in [-0.2, 0) is 9.59 Å². The van der Waals surface area contributed by atoms with Crippen LogP contribution in [0.4, 0.5) is 10.1 Å². The summed E-state index contributed by atoms with van der Waals surface area (Å²) in [6.07, 6.45) is 0.974. The van der Waals surface area contributed by atoms with Crippen LogP contribution >= 0.6 is 11.8 Å². The summed E-state index contributed by atoms with van der Waals surface area (Å²) in [5.74, 6) is 0.956. The summed E-state index contributed by atoms with van der Waals surface area (Å²) in [5.41, 5.74) is 1.56. The molecule has 2 aromatic rings. The summed E-state index contributed by atoms with van der Waals surface area (Å²) in [7, 11) is 0. The molecule has 2 aliphatic heterocycles. The van der Waals surface area contributed by atoms with E-state index in [-0.39, 0.29) is 36.5 Å². The molecule has 1 atom stereocenters. The van der Waals surface area contributed by atoms with Crippen LogP contribution in [0.15, 0.2) is 47.4 Å². The van der Waals surface area contributed by atoms with E-state index in [1.165, 1.54) is 12.1 Å². The molecule has 2 amide bonds. The number of hydrogen-bond acceptors (Lipinski definition) is 4. The number of carbonyl (C=O) groups is 2. The Bertz CT molecular complexity index is 905. The number of amides is 2. The topological polar surface area (TPSA) is 58.6 Å². The molecule has 0 spiro atoms. The quantitative estimate of drug-likeness (QED) is 0.851. The van der Waals surface area contributed by atoms with Crippen LogP contribution in [0.3, 0.4) is 0 Å². The number of carbonyl (C=O) groups excluding carboxylic acids is 2. The van der Waals surface area contributed by atoms with Gasteiger partial charge in [0.05, 0.1) is 18.3 Å². The number of benzene rings is 2. The number of thioether (sulfide) groups is 1. The highest BCUT2D eigenvalue weighted by atomic mass is 32.2. The van der Waals surface area contributed by atoms with E-state index >= 15 is 0 Å². The molecule has 1 N–H and O–H groups in total. The van der Waals surface area contributed by atoms with Gasteiger partial charge in [0.2, 0.25) is 11.8 Å². The highest BCUT2D eigenvalue weighted by molar-refractivity contribution is 7.99. The van der Waals surface area contributed by atoms with Gasteiger partial charge in [-0.15, -0.1) is 11.8 Å². The summed E-state index contributed by atoms with van der Waals surface area (Å²) in [6, 6.07) is 11.9. The third-order valence-electron chi connectivity index (χ3n) is 4.94. The van der Waals surface area contributed by atoms with Crippen molar-refractivity contribution in [2.75, 3.05) is 23.8 Å². The van der Waals surface area contributed by atoms with Gasteiger partial charge < -0.3 is 15.0 Å². The zero-order valence-electron chi connectivity index (χ0n) is 15.3. The van der Waals surface area contributed by atoms with Gasteiger partial charge >= 0.3 is 0 Å². The molecule has 5 nitrogen and oxygen atoms in total. The van der Waals surface area contributed by atoms with Crippen LogP contribution in [0.5, 0.6) is 5.75 Å². The van der Waals surface area contributed by atoms with Crippen LogP contribution < -0.4 is 15.0 Å². The normalized spacial score (nSPS) is 17.9. The number of nitrogens with one attached hydrogen (secondary N) is 1. The monoisotopic (exact) mass is 400 g/mol. The van der Waals surface area contributed by atoms with Gasteiger partial charge in [0.15, 0.2) is 0 Å². The van der Waals surface area contributed by atoms with E-state index in [0.29, 0.717) is 18.9 Å². The van der Waals surface area contributed by atoms with Crippen molar-refractivity contribution in [1.82, 2.24) is 5.32 Å². The molecule has 28 heavy (non-hydrogen) atoms. The number of halogens is 1. The SMILES string of the molecule is O=C(CCC(=O)N1CCOc2ccccc21)NC1CCSc2ccc(F)cc21. The predicted molar refractivity (Wildman–Crippen MR) is 106 cm³/mol. The maximum Gasteiger partial charge on any atom is 0.227 e. The number of rotatable bonds is 4. The predicted octanol–water partition coefficient (Wildman–Crippen LogP) is 3.68. The minimum Gasteiger partial charge on any atom is -0.490 e. The molecule has 4 rings (SSSR count). The lowest BCUT2D eigenvalue weighted by molar-refractivity contribution is -0.125. The van der Waals surface area contributed by atoms with Crippen LogP contribution in [0, 0.1) is 5.82 Å². The third-order valence-corrected chi connectivity index (χ3v) is 6.06. The molecule has 0 saturated heterocycles. The van der Waals surface area contributed by atoms with Gasteiger partial charge in [0.25, 0.3) is 0 Å². The second kappa shape index (κ2) is 8.22. The average Bonchev–Trinajstić information content (AvgIpc) is 2.72. The number of ether oxygens (including phenoxy) is 1. The first-order valence-electron chi connectivity index (χ1n) is 9.35. The molecule has 0 radical (unpaired) electrons. The van der Waals surface area contributed by atoms with E-state index < -0.39 is 0 Å². The summed E-state index contributed by atoms with van der Waals surface area (Å²) in [6.45, 7) is 0.918. The fourth-order valence-corrected chi connectivity index (χ4v) is 4.67. The van der Waals surface area contributed by atoms with Crippen molar-refractivity contribution in [3.05, 3.63) is 53.8 Å². The molecular weight excluding hydrogens is 379 g/mol. The molecule has 0 aliphatic carbocycles. The maximum atomic E-state index is 13.6. The molecule has 7 heteroatoms. The van der Waals surface area contributed by atoms with Crippen molar-refractivity contribution in [1.29, 1.82) is 0 Å². The second-order valence-corrected chi connectivity index (χ2v) is 7.94. The van der Waals surface area contributed by atoms with E-state index in [1.807, 2.05) is 24.3 Å². The molecule has 1 unspecified atom stereocenters. The molecule has 0 fully saturated rings. The number of para-hydroxylation sites is 2. The van der Waals surface area contributed by atoms with E-state index in [2.05, 4.69) is 5.32 Å². The van der Waals surface area contributed by atoms with E-state index in [4.69, 9.17) is 4.74 Å². The lowest BCUT2D eigenvalue weighted by Crippen LogP contribution is -2.38. The van der Waals surface area contributed by atoms with Crippen molar-refractivity contribution < 1.29 is 18.7 Å². The van der Waals surface area contributed by atoms with E-state index in [0.717, 1.165) is 28.3 Å². The molecular formula is C21H21FN2O3S. The number of fused-ring (bicyclic) bond motifs is 2. The maximum absolute atomic E-state index is 13.6. The molecule has 0 saturated carbocycles. The van der Waals surface area contributed by atoms with Crippen molar-refractivity contribution in [2.45, 2.75) is 30.2 Å². The van der Waals surface area contributed by atoms with Gasteiger partial charge in [0, 0.05) is 23.5 Å². The first-order valence-corrected chi connectivity index (χ1v) is 10.3. The smallest absolute Gasteiger partial charge is 0.227 e. The Morgan fingerprint density at radius 1 is 1.21 bits per heavy atom. The lowest BCUT2D eigenvalue weighted by atomic mass is 10.0. The van der Waals surface area contributed by atoms with E-state index in [1.54, 1.807) is 22.7 Å². The average molecular weight is 400 g/mol. The van der Waals surface area contributed by atoms with Gasteiger partial charge in [-0.3, -0.25) is 9.59 Å². The third kappa shape index (κ3) is 3.99. The zero-order chi connectivity index (χ0) is 19.5. The van der Waals surface area contributed by atoms with E-state index in [9.17, 15) is 14.0 Å². The van der Waals surface area contributed by atoms with Gasteiger partial charge in [0.1, 0.15) is 18.2 Å². The van der Waals surface area contributed by atoms with Crippen molar-refractivity contribution in [3.8, 4) is 5.75 Å². The Morgan fingerprint density at radius 2 is 2.07 bits per heavy atom. The van der Waals surface area contributed by atoms with Gasteiger partial charge in [-0.2, -0.15) is 0 Å². The summed E-state index contributed by atoms with van der Waals surface area (Å²) in [4.78, 5) is 27.7. The minimum atomic E-state index is -0.304. The lowest BCUT2D eigenvalue weighted by Gasteiger charge is -2.29. The van der Waals surface area contributed by atoms with Gasteiger partial charge in [-0.25, -0.2) is 4.39 Å². The Kier molecular flexibility index (Phi) is 5.52. The zero-order valence-corrected chi connectivity index (χ0v) is 16.1. The fraction of sp³-hybridized carbons (Fsp3) is 0.333. The molecule has 2 heterocycles. The highest BCUT2D eigenvalue weighted by Crippen LogP contribution is 2.36. The molecule has 0 bridgehead atoms. The largest absolute Gasteiger partial charge is 0.490 e. The highest BCUT2D eigenvalue weighted by Gasteiger charge is 2.25. The Morgan fingerprint density at radius 3 is 2.96 bits per heavy atom. The minimum absolute atomic E-state index is 0.100. The fourth-order valence-electron chi connectivity index (χ4n) is 3.57. The number of nitrogens with zero attached hydrogens (tertiary/aromatic N) is 1. The Hall–Kier alpha value is -2.54. The molecule has 2 aromatic carbocycles. The Labute approximate surface area is 167 Å². The Balaban J connectivity index is 1.36. The van der Waals surface area contributed by atoms with Crippen molar-refractivity contribution in [3.63, 3.8) is 0 Å². The van der Waals surface area contributed by atoms with Crippen molar-refractivity contribution >= 4 is 29.3 Å². The van der Waals surface area contributed by atoms with Crippen LogP contribution in [0.1, 0.15) is 30.9 Å². The first kappa shape index (κ1) is 18.8. The molecule has 146 valence electrons. The summed E-state index contributed by atoms with van der Waals surface area (Å²) < 4.78 is 19.2. The van der Waals surface area contributed by atoms with Crippen molar-refractivity contribution in [2.24, 2.45) is 0 Å². The van der Waals surface area contributed by atoms with Crippen LogP contribution in [-0.4, -0.2) is 30.7 Å². The first-order chi connectivity index (χ1) is 13.6. The second-order valence-electron chi connectivity index (χ2n) is 6.80. The standard InChI is InChI=1S/C21H21FN2O3S/c22-14-5-6-19-15(13-14)16(9-12-28-19)23-20(25)7-8-21(26)24-10-11-27-18-4-2-1-3-17(18)24/h1-6,13,16H,7-12H2,(H,23,25). The number of hydrogen-bond donors (Lipinski definition) is 1. The van der Waals surface area contributed by atoms with Crippen LogP contribution in [0.2, 0.25) is 0 Å². The molecule has 2 aliphatic rings. The number of anilines is 1.